The lowest BCUT2D eigenvalue weighted by Gasteiger charge is -2.18. The summed E-state index contributed by atoms with van der Waals surface area (Å²) in [7, 11) is 0. The van der Waals surface area contributed by atoms with Crippen LogP contribution in [0.5, 0.6) is 0 Å². The maximum atomic E-state index is 2.31. The first-order chi connectivity index (χ1) is 8.38. The molecule has 0 saturated carbocycles. The molecule has 0 radical (unpaired) electrons. The van der Waals surface area contributed by atoms with Gasteiger partial charge in [-0.3, -0.25) is 0 Å². The van der Waals surface area contributed by atoms with Crippen molar-refractivity contribution in [1.82, 2.24) is 0 Å². The Morgan fingerprint density at radius 1 is 0.706 bits per heavy atom. The van der Waals surface area contributed by atoms with E-state index in [-0.39, 0.29) is 0 Å². The molecule has 0 aromatic carbocycles. The quantitative estimate of drug-likeness (QED) is 0.438. The van der Waals surface area contributed by atoms with Gasteiger partial charge in [0.25, 0.3) is 0 Å². The van der Waals surface area contributed by atoms with E-state index in [9.17, 15) is 0 Å². The topological polar surface area (TPSA) is 0 Å². The van der Waals surface area contributed by atoms with Crippen LogP contribution < -0.4 is 0 Å². The van der Waals surface area contributed by atoms with Crippen LogP contribution in [0.25, 0.3) is 0 Å². The van der Waals surface area contributed by atoms with Gasteiger partial charge in [-0.2, -0.15) is 11.8 Å². The van der Waals surface area contributed by atoms with Crippen molar-refractivity contribution in [2.24, 2.45) is 11.8 Å². The van der Waals surface area contributed by atoms with Crippen molar-refractivity contribution in [3.05, 3.63) is 0 Å². The Morgan fingerprint density at radius 2 is 1.18 bits per heavy atom. The van der Waals surface area contributed by atoms with Gasteiger partial charge in [0.1, 0.15) is 0 Å². The Kier molecular flexibility index (Phi) is 9.33. The lowest BCUT2D eigenvalue weighted by atomic mass is 9.87. The summed E-state index contributed by atoms with van der Waals surface area (Å²) in [6.45, 7) is 4.61. The smallest absolute Gasteiger partial charge is 0.00361 e. The largest absolute Gasteiger partial charge is 0.161 e. The Bertz CT molecular complexity index is 149. The summed E-state index contributed by atoms with van der Waals surface area (Å²) < 4.78 is 0. The van der Waals surface area contributed by atoms with Gasteiger partial charge >= 0.3 is 0 Å². The lowest BCUT2D eigenvalue weighted by Crippen LogP contribution is -2.12. The summed E-state index contributed by atoms with van der Waals surface area (Å²) in [6.07, 6.45) is 14.6. The molecule has 1 heterocycles. The summed E-state index contributed by atoms with van der Waals surface area (Å²) >= 11 is 2.22. The molecule has 0 aromatic rings. The fraction of sp³-hybridized carbons (Fsp3) is 1.00. The summed E-state index contributed by atoms with van der Waals surface area (Å²) in [6, 6.07) is 0. The minimum Gasteiger partial charge on any atom is -0.161 e. The van der Waals surface area contributed by atoms with Crippen molar-refractivity contribution in [2.45, 2.75) is 78.1 Å². The van der Waals surface area contributed by atoms with Crippen LogP contribution in [0.2, 0.25) is 0 Å². The van der Waals surface area contributed by atoms with Crippen LogP contribution in [0, 0.1) is 11.8 Å². The molecule has 1 heteroatoms. The molecule has 0 amide bonds. The maximum absolute atomic E-state index is 2.31. The van der Waals surface area contributed by atoms with Gasteiger partial charge in [-0.25, -0.2) is 0 Å². The molecule has 0 aliphatic carbocycles. The number of rotatable bonds is 10. The standard InChI is InChI=1S/C16H32S/c1-3-5-7-9-11-15-13-17-14-16(15)12-10-8-6-4-2/h15-16H,3-14H2,1-2H3/t15-,16-/m0/s1. The molecule has 0 aromatic heterocycles. The Morgan fingerprint density at radius 3 is 1.59 bits per heavy atom. The average Bonchev–Trinajstić information content (AvgIpc) is 2.78. The second-order valence-corrected chi connectivity index (χ2v) is 6.83. The van der Waals surface area contributed by atoms with Crippen LogP contribution in [-0.4, -0.2) is 11.5 Å². The van der Waals surface area contributed by atoms with Crippen molar-refractivity contribution in [1.29, 1.82) is 0 Å². The third-order valence-corrected chi connectivity index (χ3v) is 5.52. The molecule has 1 rings (SSSR count). The molecule has 1 aliphatic heterocycles. The highest BCUT2D eigenvalue weighted by Gasteiger charge is 2.26. The van der Waals surface area contributed by atoms with Crippen LogP contribution in [0.15, 0.2) is 0 Å². The molecule has 0 nitrogen and oxygen atoms in total. The molecule has 102 valence electrons. The molecule has 1 saturated heterocycles. The summed E-state index contributed by atoms with van der Waals surface area (Å²) in [5.74, 6) is 5.06. The van der Waals surface area contributed by atoms with E-state index < -0.39 is 0 Å². The van der Waals surface area contributed by atoms with Crippen molar-refractivity contribution < 1.29 is 0 Å². The van der Waals surface area contributed by atoms with E-state index in [4.69, 9.17) is 0 Å². The number of hydrogen-bond acceptors (Lipinski definition) is 1. The molecular formula is C16H32S. The van der Waals surface area contributed by atoms with E-state index in [1.165, 1.54) is 75.7 Å². The summed E-state index contributed by atoms with van der Waals surface area (Å²) in [4.78, 5) is 0. The summed E-state index contributed by atoms with van der Waals surface area (Å²) in [5.41, 5.74) is 0. The average molecular weight is 256 g/mol. The number of unbranched alkanes of at least 4 members (excludes halogenated alkanes) is 6. The Hall–Kier alpha value is 0.350. The van der Waals surface area contributed by atoms with E-state index in [1.807, 2.05) is 0 Å². The van der Waals surface area contributed by atoms with Gasteiger partial charge < -0.3 is 0 Å². The zero-order valence-electron chi connectivity index (χ0n) is 12.0. The minimum atomic E-state index is 1.07. The highest BCUT2D eigenvalue weighted by atomic mass is 32.2. The second kappa shape index (κ2) is 10.3. The third kappa shape index (κ3) is 6.74. The number of thioether (sulfide) groups is 1. The van der Waals surface area contributed by atoms with Gasteiger partial charge in [0.05, 0.1) is 0 Å². The van der Waals surface area contributed by atoms with E-state index >= 15 is 0 Å². The highest BCUT2D eigenvalue weighted by molar-refractivity contribution is 7.99. The molecular weight excluding hydrogens is 224 g/mol. The van der Waals surface area contributed by atoms with Crippen LogP contribution in [0.3, 0.4) is 0 Å². The van der Waals surface area contributed by atoms with Crippen LogP contribution in [0.4, 0.5) is 0 Å². The fourth-order valence-corrected chi connectivity index (χ4v) is 4.57. The number of hydrogen-bond donors (Lipinski definition) is 0. The Balaban J connectivity index is 2.06. The van der Waals surface area contributed by atoms with Gasteiger partial charge in [-0.1, -0.05) is 65.2 Å². The summed E-state index contributed by atoms with van der Waals surface area (Å²) in [5, 5.41) is 0. The molecule has 1 fully saturated rings. The van der Waals surface area contributed by atoms with Gasteiger partial charge in [-0.05, 0) is 36.2 Å². The first kappa shape index (κ1) is 15.4. The SMILES string of the molecule is CCCCCC[C@H]1CSC[C@@H]1CCCCCC. The van der Waals surface area contributed by atoms with E-state index in [0.29, 0.717) is 0 Å². The molecule has 1 aliphatic rings. The van der Waals surface area contributed by atoms with Gasteiger partial charge in [0, 0.05) is 0 Å². The predicted octanol–water partition coefficient (Wildman–Crippen LogP) is 5.91. The van der Waals surface area contributed by atoms with Crippen molar-refractivity contribution in [2.75, 3.05) is 11.5 Å². The second-order valence-electron chi connectivity index (χ2n) is 5.76. The van der Waals surface area contributed by atoms with Crippen LogP contribution >= 0.6 is 11.8 Å². The van der Waals surface area contributed by atoms with E-state index in [1.54, 1.807) is 0 Å². The Labute approximate surface area is 113 Å². The van der Waals surface area contributed by atoms with Crippen LogP contribution in [-0.2, 0) is 0 Å². The normalized spacial score (nSPS) is 24.4. The van der Waals surface area contributed by atoms with Gasteiger partial charge in [0.15, 0.2) is 0 Å². The predicted molar refractivity (Wildman–Crippen MR) is 81.8 cm³/mol. The lowest BCUT2D eigenvalue weighted by molar-refractivity contribution is 0.347. The molecule has 0 bridgehead atoms. The zero-order valence-corrected chi connectivity index (χ0v) is 12.9. The van der Waals surface area contributed by atoms with Crippen LogP contribution in [0.1, 0.15) is 78.1 Å². The third-order valence-electron chi connectivity index (χ3n) is 4.19. The molecule has 0 N–H and O–H groups in total. The fourth-order valence-electron chi connectivity index (χ4n) is 2.95. The maximum Gasteiger partial charge on any atom is -0.00361 e. The molecule has 2 atom stereocenters. The van der Waals surface area contributed by atoms with E-state index in [0.717, 1.165) is 11.8 Å². The molecule has 0 unspecified atom stereocenters. The molecule has 17 heavy (non-hydrogen) atoms. The van der Waals surface area contributed by atoms with Gasteiger partial charge in [-0.15, -0.1) is 0 Å². The first-order valence-electron chi connectivity index (χ1n) is 7.96. The van der Waals surface area contributed by atoms with E-state index in [2.05, 4.69) is 25.6 Å². The van der Waals surface area contributed by atoms with Crippen molar-refractivity contribution in [3.8, 4) is 0 Å². The zero-order chi connectivity index (χ0) is 12.3. The first-order valence-corrected chi connectivity index (χ1v) is 9.11. The van der Waals surface area contributed by atoms with Gasteiger partial charge in [0.2, 0.25) is 0 Å². The van der Waals surface area contributed by atoms with Crippen molar-refractivity contribution in [3.63, 3.8) is 0 Å². The highest BCUT2D eigenvalue weighted by Crippen LogP contribution is 2.36. The van der Waals surface area contributed by atoms with Crippen molar-refractivity contribution >= 4 is 11.8 Å². The molecule has 0 spiro atoms. The monoisotopic (exact) mass is 256 g/mol. The minimum absolute atomic E-state index is 1.07.